The summed E-state index contributed by atoms with van der Waals surface area (Å²) in [4.78, 5) is 12.4. The van der Waals surface area contributed by atoms with E-state index in [0.29, 0.717) is 5.69 Å². The molecule has 0 aliphatic carbocycles. The SMILES string of the molecule is CC(C)NC(=O)c1cc(C(C)C)cn1C1OCC(O)CC1O.CO. The second-order valence-electron chi connectivity index (χ2n) is 6.53. The van der Waals surface area contributed by atoms with E-state index in [1.54, 1.807) is 4.57 Å². The molecule has 7 heteroatoms. The third kappa shape index (κ3) is 5.04. The van der Waals surface area contributed by atoms with Crippen molar-refractivity contribution in [3.05, 3.63) is 23.5 Å². The van der Waals surface area contributed by atoms with Gasteiger partial charge >= 0.3 is 0 Å². The van der Waals surface area contributed by atoms with Crippen molar-refractivity contribution >= 4 is 5.91 Å². The molecule has 1 saturated heterocycles. The summed E-state index contributed by atoms with van der Waals surface area (Å²) in [7, 11) is 1.00. The maximum absolute atomic E-state index is 12.4. The van der Waals surface area contributed by atoms with Gasteiger partial charge in [-0.1, -0.05) is 13.8 Å². The van der Waals surface area contributed by atoms with Crippen LogP contribution in [0.4, 0.5) is 0 Å². The fourth-order valence-corrected chi connectivity index (χ4v) is 2.59. The summed E-state index contributed by atoms with van der Waals surface area (Å²) in [5.74, 6) is 0.0713. The normalized spacial score (nSPS) is 23.8. The van der Waals surface area contributed by atoms with Gasteiger partial charge in [-0.2, -0.15) is 0 Å². The van der Waals surface area contributed by atoms with Crippen molar-refractivity contribution in [1.29, 1.82) is 0 Å². The van der Waals surface area contributed by atoms with Gasteiger partial charge in [0.05, 0.1) is 12.7 Å². The Morgan fingerprint density at radius 3 is 2.42 bits per heavy atom. The van der Waals surface area contributed by atoms with Gasteiger partial charge in [0.25, 0.3) is 5.91 Å². The van der Waals surface area contributed by atoms with Crippen LogP contribution in [0.25, 0.3) is 0 Å². The highest BCUT2D eigenvalue weighted by Gasteiger charge is 2.32. The summed E-state index contributed by atoms with van der Waals surface area (Å²) >= 11 is 0. The van der Waals surface area contributed by atoms with Gasteiger partial charge in [0.15, 0.2) is 6.23 Å². The van der Waals surface area contributed by atoms with Crippen LogP contribution in [-0.2, 0) is 4.74 Å². The average Bonchev–Trinajstić information content (AvgIpc) is 2.94. The molecule has 3 atom stereocenters. The number of carbonyl (C=O) groups excluding carboxylic acids is 1. The fourth-order valence-electron chi connectivity index (χ4n) is 2.59. The molecule has 2 heterocycles. The first-order chi connectivity index (χ1) is 11.3. The predicted molar refractivity (Wildman–Crippen MR) is 90.9 cm³/mol. The van der Waals surface area contributed by atoms with Gasteiger partial charge in [-0.25, -0.2) is 0 Å². The molecule has 0 saturated carbocycles. The molecule has 1 aromatic heterocycles. The highest BCUT2D eigenvalue weighted by Crippen LogP contribution is 2.28. The summed E-state index contributed by atoms with van der Waals surface area (Å²) < 4.78 is 7.24. The number of rotatable bonds is 4. The third-order valence-corrected chi connectivity index (χ3v) is 3.77. The molecular formula is C17H30N2O5. The van der Waals surface area contributed by atoms with Gasteiger partial charge in [0.2, 0.25) is 0 Å². The van der Waals surface area contributed by atoms with Crippen molar-refractivity contribution < 1.29 is 24.9 Å². The first kappa shape index (κ1) is 20.6. The summed E-state index contributed by atoms with van der Waals surface area (Å²) in [5, 5.41) is 29.6. The number of aliphatic hydroxyl groups is 3. The van der Waals surface area contributed by atoms with E-state index in [9.17, 15) is 15.0 Å². The van der Waals surface area contributed by atoms with Crippen molar-refractivity contribution in [2.75, 3.05) is 13.7 Å². The van der Waals surface area contributed by atoms with Crippen LogP contribution in [0.3, 0.4) is 0 Å². The van der Waals surface area contributed by atoms with E-state index in [4.69, 9.17) is 9.84 Å². The zero-order valence-corrected chi connectivity index (χ0v) is 15.1. The second-order valence-corrected chi connectivity index (χ2v) is 6.53. The van der Waals surface area contributed by atoms with Crippen LogP contribution in [0.1, 0.15) is 62.3 Å². The van der Waals surface area contributed by atoms with Crippen LogP contribution in [0.5, 0.6) is 0 Å². The highest BCUT2D eigenvalue weighted by molar-refractivity contribution is 5.93. The number of hydrogen-bond acceptors (Lipinski definition) is 5. The fraction of sp³-hybridized carbons (Fsp3) is 0.706. The number of carbonyl (C=O) groups is 1. The summed E-state index contributed by atoms with van der Waals surface area (Å²) in [6, 6.07) is 1.86. The molecule has 1 amide bonds. The van der Waals surface area contributed by atoms with Crippen LogP contribution >= 0.6 is 0 Å². The Morgan fingerprint density at radius 1 is 1.29 bits per heavy atom. The van der Waals surface area contributed by atoms with Crippen molar-refractivity contribution in [3.8, 4) is 0 Å². The standard InChI is InChI=1S/C16H26N2O4.CH4O/c1-9(2)11-5-13(15(21)17-10(3)4)18(7-11)16-14(20)6-12(19)8-22-16;1-2/h5,7,9-10,12,14,16,19-20H,6,8H2,1-4H3,(H,17,21);2H,1H3. The molecule has 1 aliphatic heterocycles. The Kier molecular flexibility index (Phi) is 7.89. The first-order valence-electron chi connectivity index (χ1n) is 8.24. The Bertz CT molecular complexity index is 527. The van der Waals surface area contributed by atoms with Crippen LogP contribution in [0.15, 0.2) is 12.3 Å². The van der Waals surface area contributed by atoms with E-state index >= 15 is 0 Å². The summed E-state index contributed by atoms with van der Waals surface area (Å²) in [5.41, 5.74) is 1.48. The molecule has 0 bridgehead atoms. The van der Waals surface area contributed by atoms with E-state index in [0.717, 1.165) is 12.7 Å². The summed E-state index contributed by atoms with van der Waals surface area (Å²) in [6.07, 6.45) is -0.0683. The van der Waals surface area contributed by atoms with E-state index in [1.807, 2.05) is 40.0 Å². The molecular weight excluding hydrogens is 312 g/mol. The lowest BCUT2D eigenvalue weighted by Gasteiger charge is -2.33. The van der Waals surface area contributed by atoms with Crippen LogP contribution < -0.4 is 5.32 Å². The molecule has 0 radical (unpaired) electrons. The Hall–Kier alpha value is -1.41. The molecule has 0 spiro atoms. The molecule has 138 valence electrons. The maximum Gasteiger partial charge on any atom is 0.268 e. The van der Waals surface area contributed by atoms with E-state index < -0.39 is 18.4 Å². The highest BCUT2D eigenvalue weighted by atomic mass is 16.5. The molecule has 1 fully saturated rings. The van der Waals surface area contributed by atoms with Gasteiger partial charge in [-0.05, 0) is 31.4 Å². The number of nitrogens with one attached hydrogen (secondary N) is 1. The molecule has 24 heavy (non-hydrogen) atoms. The predicted octanol–water partition coefficient (Wildman–Crippen LogP) is 0.999. The number of nitrogens with zero attached hydrogens (tertiary/aromatic N) is 1. The van der Waals surface area contributed by atoms with Crippen molar-refractivity contribution in [2.24, 2.45) is 0 Å². The number of aliphatic hydroxyl groups excluding tert-OH is 3. The lowest BCUT2D eigenvalue weighted by Crippen LogP contribution is -2.40. The monoisotopic (exact) mass is 342 g/mol. The molecule has 7 nitrogen and oxygen atoms in total. The zero-order valence-electron chi connectivity index (χ0n) is 15.1. The van der Waals surface area contributed by atoms with Crippen LogP contribution in [0, 0.1) is 0 Å². The number of aromatic nitrogens is 1. The Labute approximate surface area is 143 Å². The zero-order chi connectivity index (χ0) is 18.4. The number of hydrogen-bond donors (Lipinski definition) is 4. The Morgan fingerprint density at radius 2 is 1.92 bits per heavy atom. The van der Waals surface area contributed by atoms with Crippen LogP contribution in [-0.4, -0.2) is 57.8 Å². The Balaban J connectivity index is 0.00000139. The molecule has 0 aromatic carbocycles. The molecule has 1 aromatic rings. The quantitative estimate of drug-likeness (QED) is 0.653. The molecule has 3 unspecified atom stereocenters. The lowest BCUT2D eigenvalue weighted by atomic mass is 10.1. The minimum Gasteiger partial charge on any atom is -0.400 e. The van der Waals surface area contributed by atoms with Gasteiger partial charge in [-0.15, -0.1) is 0 Å². The van der Waals surface area contributed by atoms with E-state index in [1.165, 1.54) is 0 Å². The largest absolute Gasteiger partial charge is 0.400 e. The minimum atomic E-state index is -0.846. The molecule has 1 aliphatic rings. The first-order valence-corrected chi connectivity index (χ1v) is 8.24. The van der Waals surface area contributed by atoms with Crippen molar-refractivity contribution in [2.45, 2.75) is 64.5 Å². The minimum absolute atomic E-state index is 0.0253. The topological polar surface area (TPSA) is 104 Å². The maximum atomic E-state index is 12.4. The van der Waals surface area contributed by atoms with Gasteiger partial charge in [0.1, 0.15) is 11.8 Å². The smallest absolute Gasteiger partial charge is 0.268 e. The number of ether oxygens (including phenoxy) is 1. The molecule has 2 rings (SSSR count). The average molecular weight is 342 g/mol. The van der Waals surface area contributed by atoms with Crippen molar-refractivity contribution in [3.63, 3.8) is 0 Å². The van der Waals surface area contributed by atoms with Crippen LogP contribution in [0.2, 0.25) is 0 Å². The van der Waals surface area contributed by atoms with Gasteiger partial charge in [0, 0.05) is 25.8 Å². The third-order valence-electron chi connectivity index (χ3n) is 3.77. The lowest BCUT2D eigenvalue weighted by molar-refractivity contribution is -0.155. The van der Waals surface area contributed by atoms with Crippen molar-refractivity contribution in [1.82, 2.24) is 9.88 Å². The van der Waals surface area contributed by atoms with E-state index in [2.05, 4.69) is 5.32 Å². The van der Waals surface area contributed by atoms with E-state index in [-0.39, 0.29) is 30.9 Å². The second kappa shape index (κ2) is 9.17. The van der Waals surface area contributed by atoms with Gasteiger partial charge in [-0.3, -0.25) is 4.79 Å². The number of amides is 1. The summed E-state index contributed by atoms with van der Waals surface area (Å²) in [6.45, 7) is 8.05. The van der Waals surface area contributed by atoms with Gasteiger partial charge < -0.3 is 29.9 Å². The molecule has 4 N–H and O–H groups in total.